The van der Waals surface area contributed by atoms with Gasteiger partial charge in [-0.05, 0) is 12.1 Å². The van der Waals surface area contributed by atoms with E-state index in [1.807, 2.05) is 29.2 Å². The minimum Gasteiger partial charge on any atom is -0.493 e. The van der Waals surface area contributed by atoms with Crippen molar-refractivity contribution < 1.29 is 19.3 Å². The number of hydrogen-bond donors (Lipinski definition) is 1. The molecule has 0 bridgehead atoms. The second-order valence-corrected chi connectivity index (χ2v) is 5.99. The van der Waals surface area contributed by atoms with Gasteiger partial charge in [0.05, 0.1) is 27.9 Å². The largest absolute Gasteiger partial charge is 0.493 e. The number of fused-ring (bicyclic) bond motifs is 3. The number of aliphatic hydroxyl groups is 1. The quantitative estimate of drug-likeness (QED) is 0.922. The zero-order valence-electron chi connectivity index (χ0n) is 14.4. The van der Waals surface area contributed by atoms with Crippen LogP contribution in [-0.4, -0.2) is 50.3 Å². The van der Waals surface area contributed by atoms with E-state index >= 15 is 0 Å². The zero-order chi connectivity index (χ0) is 17.6. The molecule has 0 radical (unpaired) electrons. The Morgan fingerprint density at radius 3 is 2.36 bits per heavy atom. The second-order valence-electron chi connectivity index (χ2n) is 5.99. The molecule has 130 valence electrons. The number of rotatable bonds is 4. The molecule has 0 fully saturated rings. The van der Waals surface area contributed by atoms with Crippen molar-refractivity contribution >= 4 is 5.84 Å². The van der Waals surface area contributed by atoms with E-state index in [0.717, 1.165) is 17.0 Å². The summed E-state index contributed by atoms with van der Waals surface area (Å²) < 4.78 is 16.3. The van der Waals surface area contributed by atoms with Crippen LogP contribution in [0.15, 0.2) is 41.4 Å². The fraction of sp³-hybridized carbons (Fsp3) is 0.316. The van der Waals surface area contributed by atoms with Gasteiger partial charge in [-0.25, -0.2) is 0 Å². The first kappa shape index (κ1) is 15.8. The summed E-state index contributed by atoms with van der Waals surface area (Å²) >= 11 is 0. The fourth-order valence-corrected chi connectivity index (χ4v) is 3.71. The van der Waals surface area contributed by atoms with Crippen molar-refractivity contribution in [3.8, 4) is 17.2 Å². The molecule has 0 unspecified atom stereocenters. The van der Waals surface area contributed by atoms with Gasteiger partial charge in [0.15, 0.2) is 17.2 Å². The lowest BCUT2D eigenvalue weighted by molar-refractivity contribution is -0.0245. The third-order valence-corrected chi connectivity index (χ3v) is 4.84. The first-order valence-electron chi connectivity index (χ1n) is 8.10. The molecule has 0 aliphatic carbocycles. The Hall–Kier alpha value is -2.73. The number of benzene rings is 2. The Bertz CT molecular complexity index is 839. The molecule has 6 nitrogen and oxygen atoms in total. The summed E-state index contributed by atoms with van der Waals surface area (Å²) in [6.45, 7) is 1.31. The molecule has 2 aliphatic rings. The highest BCUT2D eigenvalue weighted by atomic mass is 16.5. The Balaban J connectivity index is 1.96. The molecule has 0 spiro atoms. The Kier molecular flexibility index (Phi) is 3.58. The summed E-state index contributed by atoms with van der Waals surface area (Å²) in [6.07, 6.45) is 0. The second kappa shape index (κ2) is 5.67. The molecule has 1 N–H and O–H groups in total. The highest BCUT2D eigenvalue weighted by Crippen LogP contribution is 2.48. The lowest BCUT2D eigenvalue weighted by atomic mass is 9.93. The van der Waals surface area contributed by atoms with Crippen LogP contribution in [0.3, 0.4) is 0 Å². The van der Waals surface area contributed by atoms with Crippen LogP contribution >= 0.6 is 0 Å². The van der Waals surface area contributed by atoms with Crippen LogP contribution in [0, 0.1) is 0 Å². The van der Waals surface area contributed by atoms with E-state index in [0.29, 0.717) is 35.9 Å². The highest BCUT2D eigenvalue weighted by molar-refractivity contribution is 6.05. The predicted molar refractivity (Wildman–Crippen MR) is 93.6 cm³/mol. The van der Waals surface area contributed by atoms with E-state index in [2.05, 4.69) is 4.99 Å². The van der Waals surface area contributed by atoms with Gasteiger partial charge in [-0.1, -0.05) is 24.3 Å². The van der Waals surface area contributed by atoms with Crippen LogP contribution in [0.1, 0.15) is 16.7 Å². The Morgan fingerprint density at radius 1 is 1.04 bits per heavy atom. The van der Waals surface area contributed by atoms with Gasteiger partial charge in [-0.2, -0.15) is 0 Å². The number of aliphatic imine (C=N–C) groups is 1. The minimum atomic E-state index is -1.32. The average Bonchev–Trinajstić information content (AvgIpc) is 3.23. The molecule has 2 aliphatic heterocycles. The van der Waals surface area contributed by atoms with Crippen LogP contribution in [0.25, 0.3) is 0 Å². The topological polar surface area (TPSA) is 63.5 Å². The van der Waals surface area contributed by atoms with E-state index in [9.17, 15) is 5.11 Å². The molecule has 0 amide bonds. The smallest absolute Gasteiger partial charge is 0.203 e. The molecule has 2 aromatic rings. The van der Waals surface area contributed by atoms with Gasteiger partial charge >= 0.3 is 0 Å². The molecule has 0 saturated carbocycles. The molecule has 0 saturated heterocycles. The maximum Gasteiger partial charge on any atom is 0.203 e. The third-order valence-electron chi connectivity index (χ3n) is 4.84. The molecular formula is C19H20N2O4. The van der Waals surface area contributed by atoms with E-state index < -0.39 is 5.72 Å². The number of hydrogen-bond acceptors (Lipinski definition) is 6. The van der Waals surface area contributed by atoms with Gasteiger partial charge in [-0.3, -0.25) is 4.99 Å². The summed E-state index contributed by atoms with van der Waals surface area (Å²) in [4.78, 5) is 6.50. The average molecular weight is 340 g/mol. The predicted octanol–water partition coefficient (Wildman–Crippen LogP) is 1.98. The van der Waals surface area contributed by atoms with Crippen LogP contribution in [-0.2, 0) is 5.72 Å². The zero-order valence-corrected chi connectivity index (χ0v) is 14.4. The maximum atomic E-state index is 11.8. The lowest BCUT2D eigenvalue weighted by Gasteiger charge is -2.34. The molecule has 1 atom stereocenters. The van der Waals surface area contributed by atoms with Crippen molar-refractivity contribution in [3.05, 3.63) is 53.1 Å². The van der Waals surface area contributed by atoms with Gasteiger partial charge < -0.3 is 24.2 Å². The minimum absolute atomic E-state index is 0.499. The Labute approximate surface area is 146 Å². The van der Waals surface area contributed by atoms with E-state index in [1.165, 1.54) is 0 Å². The van der Waals surface area contributed by atoms with Crippen LogP contribution in [0.5, 0.6) is 17.2 Å². The first-order chi connectivity index (χ1) is 12.1. The molecule has 0 aromatic heterocycles. The molecular weight excluding hydrogens is 320 g/mol. The summed E-state index contributed by atoms with van der Waals surface area (Å²) in [6, 6.07) is 11.4. The van der Waals surface area contributed by atoms with Crippen molar-refractivity contribution in [2.75, 3.05) is 34.4 Å². The number of nitrogens with zero attached hydrogens (tertiary/aromatic N) is 2. The summed E-state index contributed by atoms with van der Waals surface area (Å²) in [7, 11) is 4.69. The van der Waals surface area contributed by atoms with Crippen LogP contribution in [0.2, 0.25) is 0 Å². The standard InChI is InChI=1S/C19H20N2O4/c1-23-15-10-12(11-16(24-2)17(15)25-3)19(22)14-7-5-4-6-13(14)18-20-8-9-21(18)19/h4-7,10-11,22H,8-9H2,1-3H3/t19-/m1/s1. The lowest BCUT2D eigenvalue weighted by Crippen LogP contribution is -2.43. The first-order valence-corrected chi connectivity index (χ1v) is 8.10. The van der Waals surface area contributed by atoms with E-state index in [4.69, 9.17) is 14.2 Å². The van der Waals surface area contributed by atoms with E-state index in [1.54, 1.807) is 33.5 Å². The normalized spacial score (nSPS) is 20.8. The summed E-state index contributed by atoms with van der Waals surface area (Å²) in [5.74, 6) is 2.34. The van der Waals surface area contributed by atoms with Gasteiger partial charge in [0, 0.05) is 23.2 Å². The number of methoxy groups -OCH3 is 3. The number of amidine groups is 1. The van der Waals surface area contributed by atoms with E-state index in [-0.39, 0.29) is 0 Å². The van der Waals surface area contributed by atoms with Gasteiger partial charge in [0.1, 0.15) is 5.84 Å². The monoisotopic (exact) mass is 340 g/mol. The fourth-order valence-electron chi connectivity index (χ4n) is 3.71. The SMILES string of the molecule is COc1cc([C@@]2(O)c3ccccc3C3=NCCN32)cc(OC)c1OC. The van der Waals surface area contributed by atoms with Crippen LogP contribution < -0.4 is 14.2 Å². The van der Waals surface area contributed by atoms with Gasteiger partial charge in [0.25, 0.3) is 0 Å². The van der Waals surface area contributed by atoms with Crippen molar-refractivity contribution in [1.82, 2.24) is 4.90 Å². The van der Waals surface area contributed by atoms with Crippen LogP contribution in [0.4, 0.5) is 0 Å². The van der Waals surface area contributed by atoms with Gasteiger partial charge in [-0.15, -0.1) is 0 Å². The molecule has 2 aromatic carbocycles. The van der Waals surface area contributed by atoms with Crippen molar-refractivity contribution in [2.45, 2.75) is 5.72 Å². The highest BCUT2D eigenvalue weighted by Gasteiger charge is 2.50. The molecule has 25 heavy (non-hydrogen) atoms. The maximum absolute atomic E-state index is 11.8. The summed E-state index contributed by atoms with van der Waals surface area (Å²) in [5.41, 5.74) is 1.10. The van der Waals surface area contributed by atoms with Crippen molar-refractivity contribution in [2.24, 2.45) is 4.99 Å². The van der Waals surface area contributed by atoms with Crippen molar-refractivity contribution in [1.29, 1.82) is 0 Å². The Morgan fingerprint density at radius 2 is 1.72 bits per heavy atom. The number of ether oxygens (including phenoxy) is 3. The third kappa shape index (κ3) is 2.04. The van der Waals surface area contributed by atoms with Crippen molar-refractivity contribution in [3.63, 3.8) is 0 Å². The summed E-state index contributed by atoms with van der Waals surface area (Å²) in [5, 5.41) is 11.8. The van der Waals surface area contributed by atoms with Gasteiger partial charge in [0.2, 0.25) is 5.75 Å². The molecule has 4 rings (SSSR count). The molecule has 2 heterocycles. The molecule has 6 heteroatoms.